The van der Waals surface area contributed by atoms with E-state index >= 15 is 0 Å². The molecule has 2 unspecified atom stereocenters. The van der Waals surface area contributed by atoms with Crippen LogP contribution in [0.5, 0.6) is 0 Å². The highest BCUT2D eigenvalue weighted by Crippen LogP contribution is 2.34. The Kier molecular flexibility index (Phi) is 5.86. The molecule has 0 saturated carbocycles. The molecule has 2 aromatic rings. The molecule has 0 spiro atoms. The second-order valence-corrected chi connectivity index (χ2v) is 5.65. The Balaban J connectivity index is 2.14. The van der Waals surface area contributed by atoms with Crippen molar-refractivity contribution in [3.05, 3.63) is 71.8 Å². The predicted octanol–water partition coefficient (Wildman–Crippen LogP) is 6.15. The van der Waals surface area contributed by atoms with Crippen molar-refractivity contribution in [3.63, 3.8) is 0 Å². The van der Waals surface area contributed by atoms with Crippen molar-refractivity contribution < 1.29 is 0 Å². The number of rotatable bonds is 7. The molecular formula is C20H26. The Morgan fingerprint density at radius 2 is 1.20 bits per heavy atom. The van der Waals surface area contributed by atoms with Crippen LogP contribution in [-0.2, 0) is 0 Å². The molecule has 0 aliphatic rings. The van der Waals surface area contributed by atoms with E-state index in [1.807, 2.05) is 0 Å². The quantitative estimate of drug-likeness (QED) is 0.563. The maximum absolute atomic E-state index is 2.31. The third-order valence-electron chi connectivity index (χ3n) is 4.24. The van der Waals surface area contributed by atoms with Crippen molar-refractivity contribution >= 4 is 0 Å². The van der Waals surface area contributed by atoms with Crippen molar-refractivity contribution in [3.8, 4) is 0 Å². The molecule has 0 amide bonds. The Hall–Kier alpha value is -1.56. The van der Waals surface area contributed by atoms with Gasteiger partial charge >= 0.3 is 0 Å². The van der Waals surface area contributed by atoms with Gasteiger partial charge in [0.1, 0.15) is 0 Å². The summed E-state index contributed by atoms with van der Waals surface area (Å²) in [6.07, 6.45) is 5.02. The summed E-state index contributed by atoms with van der Waals surface area (Å²) >= 11 is 0. The van der Waals surface area contributed by atoms with Crippen molar-refractivity contribution in [1.29, 1.82) is 0 Å². The van der Waals surface area contributed by atoms with Gasteiger partial charge in [0.15, 0.2) is 0 Å². The van der Waals surface area contributed by atoms with Gasteiger partial charge in [0.2, 0.25) is 0 Å². The molecule has 0 radical (unpaired) electrons. The van der Waals surface area contributed by atoms with E-state index in [9.17, 15) is 0 Å². The molecule has 0 heteroatoms. The van der Waals surface area contributed by atoms with E-state index in [2.05, 4.69) is 74.5 Å². The fourth-order valence-corrected chi connectivity index (χ4v) is 3.10. The molecule has 0 nitrogen and oxygen atoms in total. The molecule has 2 atom stereocenters. The molecule has 106 valence electrons. The summed E-state index contributed by atoms with van der Waals surface area (Å²) in [6.45, 7) is 4.60. The van der Waals surface area contributed by atoms with Crippen LogP contribution in [0.3, 0.4) is 0 Å². The maximum atomic E-state index is 2.31. The number of hydrogen-bond acceptors (Lipinski definition) is 0. The molecule has 20 heavy (non-hydrogen) atoms. The van der Waals surface area contributed by atoms with Crippen molar-refractivity contribution in [2.75, 3.05) is 0 Å². The van der Waals surface area contributed by atoms with Crippen LogP contribution in [-0.4, -0.2) is 0 Å². The van der Waals surface area contributed by atoms with Crippen LogP contribution in [0.2, 0.25) is 0 Å². The van der Waals surface area contributed by atoms with Gasteiger partial charge in [0.25, 0.3) is 0 Å². The van der Waals surface area contributed by atoms with E-state index in [4.69, 9.17) is 0 Å². The van der Waals surface area contributed by atoms with Gasteiger partial charge in [0, 0.05) is 0 Å². The normalized spacial score (nSPS) is 13.9. The summed E-state index contributed by atoms with van der Waals surface area (Å²) in [4.78, 5) is 0. The molecular weight excluding hydrogens is 240 g/mol. The maximum Gasteiger partial charge on any atom is -0.0156 e. The van der Waals surface area contributed by atoms with Crippen molar-refractivity contribution in [1.82, 2.24) is 0 Å². The van der Waals surface area contributed by atoms with Crippen LogP contribution in [0.15, 0.2) is 60.7 Å². The summed E-state index contributed by atoms with van der Waals surface area (Å²) in [6, 6.07) is 22.0. The summed E-state index contributed by atoms with van der Waals surface area (Å²) in [5, 5.41) is 0. The molecule has 0 aliphatic heterocycles. The van der Waals surface area contributed by atoms with Crippen LogP contribution >= 0.6 is 0 Å². The van der Waals surface area contributed by atoms with Crippen LogP contribution in [0, 0.1) is 0 Å². The minimum atomic E-state index is 0.674. The van der Waals surface area contributed by atoms with Crippen LogP contribution in [0.4, 0.5) is 0 Å². The second kappa shape index (κ2) is 7.89. The summed E-state index contributed by atoms with van der Waals surface area (Å²) in [5.74, 6) is 1.36. The van der Waals surface area contributed by atoms with Gasteiger partial charge in [0.05, 0.1) is 0 Å². The number of hydrogen-bond donors (Lipinski definition) is 0. The highest BCUT2D eigenvalue weighted by Gasteiger charge is 2.17. The molecule has 0 fully saturated rings. The lowest BCUT2D eigenvalue weighted by molar-refractivity contribution is 0.490. The standard InChI is InChI=1S/C20H26/c1-3-11-20(19-14-9-6-10-15-19)16-17(4-2)18-12-7-5-8-13-18/h5-10,12-15,17,20H,3-4,11,16H2,1-2H3. The van der Waals surface area contributed by atoms with Crippen LogP contribution < -0.4 is 0 Å². The topological polar surface area (TPSA) is 0 Å². The fourth-order valence-electron chi connectivity index (χ4n) is 3.10. The zero-order chi connectivity index (χ0) is 14.2. The first-order valence-electron chi connectivity index (χ1n) is 7.95. The Bertz CT molecular complexity index is 472. The van der Waals surface area contributed by atoms with Crippen molar-refractivity contribution in [2.24, 2.45) is 0 Å². The third-order valence-corrected chi connectivity index (χ3v) is 4.24. The highest BCUT2D eigenvalue weighted by molar-refractivity contribution is 5.23. The molecule has 0 saturated heterocycles. The van der Waals surface area contributed by atoms with E-state index in [0.29, 0.717) is 11.8 Å². The average Bonchev–Trinajstić information content (AvgIpc) is 2.53. The SMILES string of the molecule is CCCC(CC(CC)c1ccccc1)c1ccccc1. The Morgan fingerprint density at radius 1 is 0.700 bits per heavy atom. The van der Waals surface area contributed by atoms with Crippen LogP contribution in [0.1, 0.15) is 62.5 Å². The Labute approximate surface area is 123 Å². The Morgan fingerprint density at radius 3 is 1.65 bits per heavy atom. The minimum absolute atomic E-state index is 0.674. The largest absolute Gasteiger partial charge is 0.0654 e. The van der Waals surface area contributed by atoms with Crippen LogP contribution in [0.25, 0.3) is 0 Å². The van der Waals surface area contributed by atoms with Gasteiger partial charge < -0.3 is 0 Å². The van der Waals surface area contributed by atoms with E-state index in [0.717, 1.165) is 0 Å². The van der Waals surface area contributed by atoms with E-state index in [-0.39, 0.29) is 0 Å². The molecule has 2 aromatic carbocycles. The minimum Gasteiger partial charge on any atom is -0.0654 e. The molecule has 0 aliphatic carbocycles. The molecule has 0 heterocycles. The van der Waals surface area contributed by atoms with Crippen molar-refractivity contribution in [2.45, 2.75) is 51.4 Å². The molecule has 2 rings (SSSR count). The first-order valence-corrected chi connectivity index (χ1v) is 7.95. The third kappa shape index (κ3) is 3.96. The predicted molar refractivity (Wildman–Crippen MR) is 88.2 cm³/mol. The van der Waals surface area contributed by atoms with E-state index in [1.165, 1.54) is 36.8 Å². The highest BCUT2D eigenvalue weighted by atomic mass is 14.2. The van der Waals surface area contributed by atoms with E-state index < -0.39 is 0 Å². The van der Waals surface area contributed by atoms with E-state index in [1.54, 1.807) is 0 Å². The summed E-state index contributed by atoms with van der Waals surface area (Å²) in [7, 11) is 0. The fraction of sp³-hybridized carbons (Fsp3) is 0.400. The van der Waals surface area contributed by atoms with Gasteiger partial charge in [-0.15, -0.1) is 0 Å². The summed E-state index contributed by atoms with van der Waals surface area (Å²) < 4.78 is 0. The second-order valence-electron chi connectivity index (χ2n) is 5.65. The van der Waals surface area contributed by atoms with Gasteiger partial charge in [-0.05, 0) is 42.2 Å². The first-order chi connectivity index (χ1) is 9.85. The molecule has 0 aromatic heterocycles. The zero-order valence-corrected chi connectivity index (χ0v) is 12.8. The molecule has 0 N–H and O–H groups in total. The smallest absolute Gasteiger partial charge is 0.0156 e. The lowest BCUT2D eigenvalue weighted by Gasteiger charge is -2.23. The lowest BCUT2D eigenvalue weighted by Crippen LogP contribution is -2.06. The first kappa shape index (κ1) is 14.8. The average molecular weight is 266 g/mol. The van der Waals surface area contributed by atoms with Gasteiger partial charge in [-0.2, -0.15) is 0 Å². The zero-order valence-electron chi connectivity index (χ0n) is 12.8. The lowest BCUT2D eigenvalue weighted by atomic mass is 9.82. The van der Waals surface area contributed by atoms with Gasteiger partial charge in [-0.25, -0.2) is 0 Å². The molecule has 0 bridgehead atoms. The van der Waals surface area contributed by atoms with Gasteiger partial charge in [-0.1, -0.05) is 80.9 Å². The summed E-state index contributed by atoms with van der Waals surface area (Å²) in [5.41, 5.74) is 3.00. The number of benzene rings is 2. The monoisotopic (exact) mass is 266 g/mol. The van der Waals surface area contributed by atoms with Gasteiger partial charge in [-0.3, -0.25) is 0 Å².